The number of fused-ring (bicyclic) bond motifs is 1. The summed E-state index contributed by atoms with van der Waals surface area (Å²) in [5, 5.41) is 10.9. The van der Waals surface area contributed by atoms with E-state index in [0.717, 1.165) is 61.1 Å². The maximum Gasteiger partial charge on any atom is 0.189 e. The van der Waals surface area contributed by atoms with Gasteiger partial charge in [0.25, 0.3) is 0 Å². The molecular weight excluding hydrogens is 533 g/mol. The van der Waals surface area contributed by atoms with Crippen molar-refractivity contribution >= 4 is 28.6 Å². The molecule has 0 spiro atoms. The Hall–Kier alpha value is -4.11. The molecule has 3 aromatic carbocycles. The SMILES string of the molecule is CC(C)Oc1ccccc1N1CCN(CC2CC(C(=O)C3CNc4cc(NCc5ccccc5F)ccc43)=NO2)CC1. The zero-order chi connectivity index (χ0) is 29.1. The molecule has 3 aromatic rings. The maximum absolute atomic E-state index is 14.0. The fourth-order valence-electron chi connectivity index (χ4n) is 5.92. The number of nitrogens with zero attached hydrogens (tertiary/aromatic N) is 3. The summed E-state index contributed by atoms with van der Waals surface area (Å²) in [6.07, 6.45) is 0.535. The zero-order valence-electron chi connectivity index (χ0n) is 24.2. The molecule has 0 aliphatic carbocycles. The minimum absolute atomic E-state index is 0.0161. The average molecular weight is 572 g/mol. The highest BCUT2D eigenvalue weighted by molar-refractivity contribution is 6.42. The number of para-hydroxylation sites is 2. The van der Waals surface area contributed by atoms with E-state index in [1.807, 2.05) is 50.2 Å². The number of Topliss-reactive ketones (excluding diaryl/α,β-unsaturated/α-hetero) is 1. The molecule has 0 aromatic heterocycles. The van der Waals surface area contributed by atoms with E-state index in [9.17, 15) is 9.18 Å². The molecule has 9 heteroatoms. The molecule has 1 saturated heterocycles. The number of ether oxygens (including phenoxy) is 1. The van der Waals surface area contributed by atoms with Crippen LogP contribution in [0, 0.1) is 5.82 Å². The van der Waals surface area contributed by atoms with Crippen molar-refractivity contribution in [2.24, 2.45) is 5.16 Å². The molecule has 42 heavy (non-hydrogen) atoms. The highest BCUT2D eigenvalue weighted by atomic mass is 19.1. The van der Waals surface area contributed by atoms with Gasteiger partial charge in [0.15, 0.2) is 5.78 Å². The molecule has 8 nitrogen and oxygen atoms in total. The lowest BCUT2D eigenvalue weighted by molar-refractivity contribution is -0.114. The number of carbonyl (C=O) groups is 1. The number of carbonyl (C=O) groups excluding carboxylic acids is 1. The number of halogens is 1. The topological polar surface area (TPSA) is 78.4 Å². The van der Waals surface area contributed by atoms with Crippen LogP contribution < -0.4 is 20.3 Å². The van der Waals surface area contributed by atoms with Gasteiger partial charge in [0.1, 0.15) is 23.4 Å². The van der Waals surface area contributed by atoms with Gasteiger partial charge in [-0.3, -0.25) is 9.69 Å². The minimum atomic E-state index is -0.293. The Morgan fingerprint density at radius 2 is 1.88 bits per heavy atom. The van der Waals surface area contributed by atoms with E-state index in [-0.39, 0.29) is 29.7 Å². The first-order chi connectivity index (χ1) is 20.4. The van der Waals surface area contributed by atoms with Crippen LogP contribution in [0.1, 0.15) is 37.3 Å². The number of anilines is 3. The first-order valence-electron chi connectivity index (χ1n) is 14.8. The zero-order valence-corrected chi connectivity index (χ0v) is 24.2. The second-order valence-electron chi connectivity index (χ2n) is 11.4. The number of benzene rings is 3. The number of ketones is 1. The van der Waals surface area contributed by atoms with Crippen LogP contribution in [0.3, 0.4) is 0 Å². The summed E-state index contributed by atoms with van der Waals surface area (Å²) in [4.78, 5) is 24.0. The summed E-state index contributed by atoms with van der Waals surface area (Å²) in [6, 6.07) is 20.9. The third-order valence-corrected chi connectivity index (χ3v) is 8.10. The largest absolute Gasteiger partial charge is 0.489 e. The van der Waals surface area contributed by atoms with Crippen LogP contribution >= 0.6 is 0 Å². The second kappa shape index (κ2) is 12.4. The van der Waals surface area contributed by atoms with Crippen molar-refractivity contribution in [2.75, 3.05) is 54.8 Å². The minimum Gasteiger partial charge on any atom is -0.489 e. The van der Waals surface area contributed by atoms with E-state index >= 15 is 0 Å². The van der Waals surface area contributed by atoms with Crippen molar-refractivity contribution in [1.29, 1.82) is 0 Å². The molecule has 220 valence electrons. The van der Waals surface area contributed by atoms with Crippen LogP contribution in [0.2, 0.25) is 0 Å². The highest BCUT2D eigenvalue weighted by Crippen LogP contribution is 2.36. The summed E-state index contributed by atoms with van der Waals surface area (Å²) in [5.74, 6) is 0.420. The first-order valence-corrected chi connectivity index (χ1v) is 14.8. The third-order valence-electron chi connectivity index (χ3n) is 8.10. The fourth-order valence-corrected chi connectivity index (χ4v) is 5.92. The Morgan fingerprint density at radius 3 is 2.69 bits per heavy atom. The molecule has 3 aliphatic heterocycles. The summed E-state index contributed by atoms with van der Waals surface area (Å²) in [5.41, 5.74) is 5.01. The van der Waals surface area contributed by atoms with Crippen molar-refractivity contribution in [1.82, 2.24) is 4.90 Å². The quantitative estimate of drug-likeness (QED) is 0.343. The van der Waals surface area contributed by atoms with Crippen LogP contribution in [0.25, 0.3) is 0 Å². The number of hydrogen-bond donors (Lipinski definition) is 2. The normalized spacial score (nSPS) is 20.1. The highest BCUT2D eigenvalue weighted by Gasteiger charge is 2.36. The van der Waals surface area contributed by atoms with Gasteiger partial charge in [-0.05, 0) is 49.7 Å². The monoisotopic (exact) mass is 571 g/mol. The molecule has 0 radical (unpaired) electrons. The van der Waals surface area contributed by atoms with Gasteiger partial charge < -0.3 is 25.1 Å². The molecule has 2 atom stereocenters. The Labute approximate surface area is 246 Å². The lowest BCUT2D eigenvalue weighted by atomic mass is 9.92. The summed E-state index contributed by atoms with van der Waals surface area (Å²) in [7, 11) is 0. The Bertz CT molecular complexity index is 1450. The molecule has 3 aliphatic rings. The third kappa shape index (κ3) is 6.21. The number of oxime groups is 1. The Morgan fingerprint density at radius 1 is 1.10 bits per heavy atom. The van der Waals surface area contributed by atoms with Gasteiger partial charge >= 0.3 is 0 Å². The van der Waals surface area contributed by atoms with Crippen LogP contribution in [-0.4, -0.2) is 67.9 Å². The van der Waals surface area contributed by atoms with Crippen LogP contribution in [0.5, 0.6) is 5.75 Å². The van der Waals surface area contributed by atoms with E-state index in [2.05, 4.69) is 37.7 Å². The molecule has 3 heterocycles. The van der Waals surface area contributed by atoms with Crippen molar-refractivity contribution in [3.8, 4) is 5.75 Å². The van der Waals surface area contributed by atoms with Crippen LogP contribution in [0.15, 0.2) is 71.9 Å². The fraction of sp³-hybridized carbons (Fsp3) is 0.394. The summed E-state index contributed by atoms with van der Waals surface area (Å²) >= 11 is 0. The summed E-state index contributed by atoms with van der Waals surface area (Å²) in [6.45, 7) is 9.37. The lowest BCUT2D eigenvalue weighted by Gasteiger charge is -2.37. The van der Waals surface area contributed by atoms with Gasteiger partial charge in [0.2, 0.25) is 0 Å². The van der Waals surface area contributed by atoms with E-state index in [0.29, 0.717) is 30.8 Å². The smallest absolute Gasteiger partial charge is 0.189 e. The van der Waals surface area contributed by atoms with Crippen LogP contribution in [0.4, 0.5) is 21.5 Å². The predicted octanol–water partition coefficient (Wildman–Crippen LogP) is 5.27. The molecule has 1 fully saturated rings. The average Bonchev–Trinajstić information content (AvgIpc) is 3.64. The Balaban J connectivity index is 0.993. The van der Waals surface area contributed by atoms with Gasteiger partial charge in [-0.15, -0.1) is 0 Å². The van der Waals surface area contributed by atoms with E-state index in [1.165, 1.54) is 6.07 Å². The molecule has 2 unspecified atom stereocenters. The number of hydrogen-bond acceptors (Lipinski definition) is 8. The van der Waals surface area contributed by atoms with Crippen molar-refractivity contribution in [3.63, 3.8) is 0 Å². The number of piperazine rings is 1. The molecule has 0 amide bonds. The van der Waals surface area contributed by atoms with Crippen LogP contribution in [-0.2, 0) is 16.2 Å². The van der Waals surface area contributed by atoms with Gasteiger partial charge in [-0.2, -0.15) is 0 Å². The lowest BCUT2D eigenvalue weighted by Crippen LogP contribution is -2.48. The van der Waals surface area contributed by atoms with Gasteiger partial charge in [0, 0.05) is 69.2 Å². The molecule has 0 saturated carbocycles. The molecular formula is C33H38FN5O3. The van der Waals surface area contributed by atoms with Gasteiger partial charge in [0.05, 0.1) is 17.7 Å². The van der Waals surface area contributed by atoms with Crippen molar-refractivity contribution in [2.45, 2.75) is 44.9 Å². The molecule has 0 bridgehead atoms. The maximum atomic E-state index is 14.0. The number of nitrogens with one attached hydrogen (secondary N) is 2. The standard InChI is InChI=1S/C33H38FN5O3/c1-22(2)41-32-10-6-5-9-31(32)39-15-13-38(14-16-39)21-25-18-30(37-42-25)33(40)27-20-36-29-17-24(11-12-26(27)29)35-19-23-7-3-4-8-28(23)34/h3-12,17,22,25,27,35-36H,13-16,18-21H2,1-2H3. The van der Waals surface area contributed by atoms with Gasteiger partial charge in [-0.1, -0.05) is 41.6 Å². The van der Waals surface area contributed by atoms with E-state index in [4.69, 9.17) is 9.57 Å². The number of rotatable bonds is 10. The Kier molecular flexibility index (Phi) is 8.28. The predicted molar refractivity (Wildman–Crippen MR) is 164 cm³/mol. The van der Waals surface area contributed by atoms with Gasteiger partial charge in [-0.25, -0.2) is 4.39 Å². The molecule has 2 N–H and O–H groups in total. The first kappa shape index (κ1) is 28.0. The summed E-state index contributed by atoms with van der Waals surface area (Å²) < 4.78 is 20.0. The molecule has 6 rings (SSSR count). The van der Waals surface area contributed by atoms with E-state index < -0.39 is 0 Å². The van der Waals surface area contributed by atoms with E-state index in [1.54, 1.807) is 12.1 Å². The second-order valence-corrected chi connectivity index (χ2v) is 11.4. The van der Waals surface area contributed by atoms with Crippen molar-refractivity contribution < 1.29 is 18.8 Å². The van der Waals surface area contributed by atoms with Crippen molar-refractivity contribution in [3.05, 3.63) is 83.7 Å².